The lowest BCUT2D eigenvalue weighted by atomic mass is 9.77. The minimum atomic E-state index is -0.229. The van der Waals surface area contributed by atoms with Crippen molar-refractivity contribution in [2.75, 3.05) is 39.4 Å². The molecule has 0 spiro atoms. The number of imidazole rings is 1. The molecule has 5 rings (SSSR count). The van der Waals surface area contributed by atoms with E-state index in [1.165, 1.54) is 17.4 Å². The predicted octanol–water partition coefficient (Wildman–Crippen LogP) is 1.90. The van der Waals surface area contributed by atoms with Crippen LogP contribution >= 0.6 is 0 Å². The van der Waals surface area contributed by atoms with Gasteiger partial charge in [0, 0.05) is 51.2 Å². The molecule has 1 saturated heterocycles. The van der Waals surface area contributed by atoms with E-state index in [1.807, 2.05) is 13.8 Å². The van der Waals surface area contributed by atoms with Crippen LogP contribution < -0.4 is 16.6 Å². The Morgan fingerprint density at radius 1 is 1.00 bits per heavy atom. The molecular weight excluding hydrogens is 432 g/mol. The van der Waals surface area contributed by atoms with Crippen molar-refractivity contribution in [1.29, 1.82) is 0 Å². The molecule has 9 heteroatoms. The smallest absolute Gasteiger partial charge is 0.332 e. The molecule has 0 amide bonds. The third-order valence-electron chi connectivity index (χ3n) is 8.17. The van der Waals surface area contributed by atoms with Crippen LogP contribution in [-0.2, 0) is 17.8 Å². The van der Waals surface area contributed by atoms with Crippen molar-refractivity contribution in [3.05, 3.63) is 26.7 Å². The van der Waals surface area contributed by atoms with Gasteiger partial charge >= 0.3 is 5.69 Å². The van der Waals surface area contributed by atoms with Gasteiger partial charge in [-0.15, -0.1) is 0 Å². The van der Waals surface area contributed by atoms with Gasteiger partial charge in [0.25, 0.3) is 5.56 Å². The first-order chi connectivity index (χ1) is 16.6. The zero-order chi connectivity index (χ0) is 23.7. The average molecular weight is 473 g/mol. The van der Waals surface area contributed by atoms with Crippen LogP contribution in [0.2, 0.25) is 0 Å². The number of fused-ring (bicyclic) bond motifs is 3. The van der Waals surface area contributed by atoms with Gasteiger partial charge in [0.05, 0.1) is 13.2 Å². The SMILES string of the molecule is CCCn1c(=O)c2[nH]c(C3CC4CCC(C3)C4NCCN3CCOCC3)nc2n(CCC)c1=O. The summed E-state index contributed by atoms with van der Waals surface area (Å²) in [4.78, 5) is 36.8. The van der Waals surface area contributed by atoms with Crippen molar-refractivity contribution >= 4 is 11.2 Å². The second-order valence-corrected chi connectivity index (χ2v) is 10.4. The minimum absolute atomic E-state index is 0.227. The normalized spacial score (nSPS) is 27.6. The summed E-state index contributed by atoms with van der Waals surface area (Å²) in [5, 5.41) is 3.88. The summed E-state index contributed by atoms with van der Waals surface area (Å²) >= 11 is 0. The second kappa shape index (κ2) is 10.3. The Morgan fingerprint density at radius 3 is 2.35 bits per heavy atom. The van der Waals surface area contributed by atoms with Gasteiger partial charge in [-0.3, -0.25) is 18.8 Å². The summed E-state index contributed by atoms with van der Waals surface area (Å²) < 4.78 is 8.53. The Kier molecular flexibility index (Phi) is 7.22. The molecule has 2 atom stereocenters. The number of nitrogens with one attached hydrogen (secondary N) is 2. The summed E-state index contributed by atoms with van der Waals surface area (Å²) in [6, 6.07) is 0.585. The molecule has 188 valence electrons. The van der Waals surface area contributed by atoms with Crippen molar-refractivity contribution in [3.8, 4) is 0 Å². The van der Waals surface area contributed by atoms with Crippen molar-refractivity contribution in [2.24, 2.45) is 11.8 Å². The largest absolute Gasteiger partial charge is 0.379 e. The topological polar surface area (TPSA) is 97.2 Å². The third kappa shape index (κ3) is 4.50. The highest BCUT2D eigenvalue weighted by Crippen LogP contribution is 2.48. The summed E-state index contributed by atoms with van der Waals surface area (Å²) in [7, 11) is 0. The molecule has 2 saturated carbocycles. The molecule has 0 radical (unpaired) electrons. The number of morpholine rings is 1. The van der Waals surface area contributed by atoms with Gasteiger partial charge < -0.3 is 15.0 Å². The van der Waals surface area contributed by atoms with Crippen LogP contribution in [0.4, 0.5) is 0 Å². The van der Waals surface area contributed by atoms with Crippen LogP contribution in [0.25, 0.3) is 11.2 Å². The third-order valence-corrected chi connectivity index (χ3v) is 8.17. The Hall–Kier alpha value is -1.97. The number of hydrogen-bond acceptors (Lipinski definition) is 6. The van der Waals surface area contributed by atoms with Crippen LogP contribution in [-0.4, -0.2) is 69.4 Å². The number of aryl methyl sites for hydroxylation is 1. The highest BCUT2D eigenvalue weighted by Gasteiger charge is 2.43. The zero-order valence-corrected chi connectivity index (χ0v) is 20.7. The van der Waals surface area contributed by atoms with Crippen LogP contribution in [0.3, 0.4) is 0 Å². The molecule has 2 bridgehead atoms. The summed E-state index contributed by atoms with van der Waals surface area (Å²) in [5.74, 6) is 2.52. The van der Waals surface area contributed by atoms with Crippen LogP contribution in [0.5, 0.6) is 0 Å². The fraction of sp³-hybridized carbons (Fsp3) is 0.800. The van der Waals surface area contributed by atoms with Crippen LogP contribution in [0.15, 0.2) is 9.59 Å². The molecule has 1 aliphatic heterocycles. The quantitative estimate of drug-likeness (QED) is 0.579. The molecule has 2 unspecified atom stereocenters. The van der Waals surface area contributed by atoms with Crippen molar-refractivity contribution in [3.63, 3.8) is 0 Å². The van der Waals surface area contributed by atoms with E-state index in [0.717, 1.165) is 70.9 Å². The molecule has 2 aliphatic carbocycles. The molecule has 0 aromatic carbocycles. The minimum Gasteiger partial charge on any atom is -0.379 e. The standard InChI is InChI=1S/C25H40N6O3/c1-3-8-30-23-21(24(32)31(9-4-2)25(30)33)27-22(28-23)19-15-17-5-6-18(16-19)20(17)26-7-10-29-11-13-34-14-12-29/h17-20,26H,3-16H2,1-2H3,(H,27,28). The van der Waals surface area contributed by atoms with Gasteiger partial charge in [0.15, 0.2) is 5.65 Å². The maximum atomic E-state index is 13.1. The maximum Gasteiger partial charge on any atom is 0.332 e. The second-order valence-electron chi connectivity index (χ2n) is 10.4. The van der Waals surface area contributed by atoms with Gasteiger partial charge in [-0.2, -0.15) is 0 Å². The number of aromatic amines is 1. The van der Waals surface area contributed by atoms with E-state index in [0.29, 0.717) is 48.0 Å². The summed E-state index contributed by atoms with van der Waals surface area (Å²) in [6.07, 6.45) is 6.28. The predicted molar refractivity (Wildman–Crippen MR) is 132 cm³/mol. The maximum absolute atomic E-state index is 13.1. The number of aromatic nitrogens is 4. The van der Waals surface area contributed by atoms with E-state index in [1.54, 1.807) is 4.57 Å². The highest BCUT2D eigenvalue weighted by molar-refractivity contribution is 5.70. The fourth-order valence-corrected chi connectivity index (χ4v) is 6.52. The first-order valence-electron chi connectivity index (χ1n) is 13.4. The fourth-order valence-electron chi connectivity index (χ4n) is 6.52. The van der Waals surface area contributed by atoms with E-state index in [-0.39, 0.29) is 11.2 Å². The molecular formula is C25H40N6O3. The van der Waals surface area contributed by atoms with E-state index in [2.05, 4.69) is 15.2 Å². The van der Waals surface area contributed by atoms with Gasteiger partial charge in [-0.25, -0.2) is 9.78 Å². The number of hydrogen-bond donors (Lipinski definition) is 2. The number of ether oxygens (including phenoxy) is 1. The van der Waals surface area contributed by atoms with Gasteiger partial charge in [-0.1, -0.05) is 13.8 Å². The Morgan fingerprint density at radius 2 is 1.68 bits per heavy atom. The molecule has 2 aromatic rings. The Labute approximate surface area is 200 Å². The van der Waals surface area contributed by atoms with Crippen LogP contribution in [0.1, 0.15) is 64.1 Å². The molecule has 2 aromatic heterocycles. The Bertz CT molecular complexity index is 1080. The molecule has 34 heavy (non-hydrogen) atoms. The number of nitrogens with zero attached hydrogens (tertiary/aromatic N) is 4. The van der Waals surface area contributed by atoms with Crippen molar-refractivity contribution in [2.45, 2.75) is 77.4 Å². The van der Waals surface area contributed by atoms with Gasteiger partial charge in [0.2, 0.25) is 0 Å². The molecule has 2 N–H and O–H groups in total. The zero-order valence-electron chi connectivity index (χ0n) is 20.7. The lowest BCUT2D eigenvalue weighted by Crippen LogP contribution is -2.46. The summed E-state index contributed by atoms with van der Waals surface area (Å²) in [5.41, 5.74) is 0.578. The van der Waals surface area contributed by atoms with E-state index in [9.17, 15) is 9.59 Å². The van der Waals surface area contributed by atoms with E-state index >= 15 is 0 Å². The molecule has 3 fully saturated rings. The van der Waals surface area contributed by atoms with Gasteiger partial charge in [0.1, 0.15) is 11.3 Å². The summed E-state index contributed by atoms with van der Waals surface area (Å²) in [6.45, 7) is 11.0. The highest BCUT2D eigenvalue weighted by atomic mass is 16.5. The lowest BCUT2D eigenvalue weighted by Gasteiger charge is -2.36. The van der Waals surface area contributed by atoms with Gasteiger partial charge in [-0.05, 0) is 50.4 Å². The first kappa shape index (κ1) is 23.8. The first-order valence-corrected chi connectivity index (χ1v) is 13.4. The van der Waals surface area contributed by atoms with E-state index in [4.69, 9.17) is 9.72 Å². The van der Waals surface area contributed by atoms with Crippen molar-refractivity contribution < 1.29 is 4.74 Å². The average Bonchev–Trinajstić information content (AvgIpc) is 3.38. The molecule has 3 aliphatic rings. The van der Waals surface area contributed by atoms with Crippen LogP contribution in [0, 0.1) is 11.8 Å². The van der Waals surface area contributed by atoms with E-state index < -0.39 is 0 Å². The van der Waals surface area contributed by atoms with Crippen molar-refractivity contribution in [1.82, 2.24) is 29.3 Å². The number of H-pyrrole nitrogens is 1. The monoisotopic (exact) mass is 472 g/mol. The molecule has 9 nitrogen and oxygen atoms in total. The lowest BCUT2D eigenvalue weighted by molar-refractivity contribution is 0.0374. The Balaban J connectivity index is 1.32. The molecule has 3 heterocycles. The number of rotatable bonds is 9.